The summed E-state index contributed by atoms with van der Waals surface area (Å²) < 4.78 is 36.9. The maximum Gasteiger partial charge on any atom is 0.158 e. The zero-order chi connectivity index (χ0) is 22.3. The van der Waals surface area contributed by atoms with Crippen molar-refractivity contribution < 1.29 is 23.3 Å². The fourth-order valence-corrected chi connectivity index (χ4v) is 3.82. The van der Waals surface area contributed by atoms with E-state index in [0.29, 0.717) is 24.3 Å². The normalized spacial score (nSPS) is 17.1. The molecule has 1 heterocycles. The van der Waals surface area contributed by atoms with Crippen LogP contribution in [0.4, 0.5) is 4.39 Å². The molecule has 2 aromatic rings. The van der Waals surface area contributed by atoms with Crippen molar-refractivity contribution in [3.05, 3.63) is 65.7 Å². The van der Waals surface area contributed by atoms with Crippen LogP contribution in [0.15, 0.2) is 48.7 Å². The van der Waals surface area contributed by atoms with E-state index in [9.17, 15) is 4.39 Å². The molecule has 5 heteroatoms. The Morgan fingerprint density at radius 3 is 2.65 bits per heavy atom. The molecule has 1 fully saturated rings. The van der Waals surface area contributed by atoms with Crippen molar-refractivity contribution in [2.45, 2.75) is 52.4 Å². The van der Waals surface area contributed by atoms with Crippen molar-refractivity contribution in [3.8, 4) is 16.9 Å². The van der Waals surface area contributed by atoms with Gasteiger partial charge in [0.25, 0.3) is 0 Å². The van der Waals surface area contributed by atoms with E-state index in [1.807, 2.05) is 18.2 Å². The number of allylic oxidation sites excluding steroid dienone is 1. The van der Waals surface area contributed by atoms with Gasteiger partial charge >= 0.3 is 0 Å². The third-order valence-electron chi connectivity index (χ3n) is 5.51. The molecule has 0 spiro atoms. The second-order valence-corrected chi connectivity index (χ2v) is 8.65. The summed E-state index contributed by atoms with van der Waals surface area (Å²) in [7, 11) is 3.22. The Morgan fingerprint density at radius 1 is 1.10 bits per heavy atom. The maximum atomic E-state index is 14.8. The average Bonchev–Trinajstić information content (AvgIpc) is 2.77. The lowest BCUT2D eigenvalue weighted by Gasteiger charge is -2.24. The van der Waals surface area contributed by atoms with Gasteiger partial charge in [-0.1, -0.05) is 32.0 Å². The molecule has 0 N–H and O–H groups in total. The van der Waals surface area contributed by atoms with E-state index in [0.717, 1.165) is 42.6 Å². The molecule has 0 saturated carbocycles. The van der Waals surface area contributed by atoms with Crippen molar-refractivity contribution in [2.75, 3.05) is 20.8 Å². The monoisotopic (exact) mass is 428 g/mol. The smallest absolute Gasteiger partial charge is 0.158 e. The number of hydrogen-bond donors (Lipinski definition) is 0. The fraction of sp³-hybridized carbons (Fsp3) is 0.462. The van der Waals surface area contributed by atoms with Gasteiger partial charge < -0.3 is 18.9 Å². The molecule has 168 valence electrons. The summed E-state index contributed by atoms with van der Waals surface area (Å²) in [5.41, 5.74) is 3.30. The van der Waals surface area contributed by atoms with Crippen LogP contribution in [0.25, 0.3) is 11.1 Å². The van der Waals surface area contributed by atoms with Gasteiger partial charge in [0, 0.05) is 12.2 Å². The number of halogens is 1. The summed E-state index contributed by atoms with van der Waals surface area (Å²) in [5.74, 6) is 0.356. The molecule has 0 aromatic heterocycles. The van der Waals surface area contributed by atoms with Gasteiger partial charge in [0.05, 0.1) is 27.1 Å². The second-order valence-electron chi connectivity index (χ2n) is 8.65. The van der Waals surface area contributed by atoms with Crippen LogP contribution in [0.2, 0.25) is 0 Å². The van der Waals surface area contributed by atoms with Gasteiger partial charge in [0.2, 0.25) is 0 Å². The summed E-state index contributed by atoms with van der Waals surface area (Å²) in [4.78, 5) is 0. The molecule has 1 aliphatic rings. The summed E-state index contributed by atoms with van der Waals surface area (Å²) in [6.07, 6.45) is 7.44. The molecule has 0 amide bonds. The Kier molecular flexibility index (Phi) is 8.10. The molecule has 1 unspecified atom stereocenters. The highest BCUT2D eigenvalue weighted by Crippen LogP contribution is 2.35. The molecule has 4 nitrogen and oxygen atoms in total. The van der Waals surface area contributed by atoms with Gasteiger partial charge in [-0.05, 0) is 72.1 Å². The standard InChI is InChI=1S/C26H33FO4/c1-26(2,12-14-28-3)17-20-15-19(18-31-25-7-5-6-13-30-25)8-10-22(20)23-16-21(29-4)9-11-24(23)27/h8-12,14-16,25H,5-7,13,17-18H2,1-4H3/b14-12+. The Morgan fingerprint density at radius 2 is 1.94 bits per heavy atom. The number of hydrogen-bond acceptors (Lipinski definition) is 4. The van der Waals surface area contributed by atoms with Crippen LogP contribution in [0.3, 0.4) is 0 Å². The van der Waals surface area contributed by atoms with E-state index < -0.39 is 0 Å². The van der Waals surface area contributed by atoms with Gasteiger partial charge in [-0.3, -0.25) is 0 Å². The van der Waals surface area contributed by atoms with Crippen LogP contribution < -0.4 is 4.74 Å². The van der Waals surface area contributed by atoms with Crippen LogP contribution in [-0.2, 0) is 27.2 Å². The first kappa shape index (κ1) is 23.3. The number of methoxy groups -OCH3 is 2. The van der Waals surface area contributed by atoms with Crippen LogP contribution in [-0.4, -0.2) is 27.1 Å². The molecule has 1 aliphatic heterocycles. The largest absolute Gasteiger partial charge is 0.505 e. The van der Waals surface area contributed by atoms with E-state index in [-0.39, 0.29) is 17.5 Å². The number of ether oxygens (including phenoxy) is 4. The third-order valence-corrected chi connectivity index (χ3v) is 5.51. The van der Waals surface area contributed by atoms with E-state index in [1.165, 1.54) is 6.07 Å². The topological polar surface area (TPSA) is 36.9 Å². The van der Waals surface area contributed by atoms with E-state index in [2.05, 4.69) is 19.9 Å². The Labute approximate surface area is 185 Å². The molecular formula is C26H33FO4. The van der Waals surface area contributed by atoms with Gasteiger partial charge in [0.15, 0.2) is 6.29 Å². The first-order valence-electron chi connectivity index (χ1n) is 10.8. The molecular weight excluding hydrogens is 395 g/mol. The highest BCUT2D eigenvalue weighted by Gasteiger charge is 2.21. The minimum Gasteiger partial charge on any atom is -0.505 e. The quantitative estimate of drug-likeness (QED) is 0.441. The number of benzene rings is 2. The molecule has 3 rings (SSSR count). The summed E-state index contributed by atoms with van der Waals surface area (Å²) in [6.45, 7) is 5.48. The predicted octanol–water partition coefficient (Wildman–Crippen LogP) is 6.27. The lowest BCUT2D eigenvalue weighted by atomic mass is 9.82. The zero-order valence-electron chi connectivity index (χ0n) is 18.9. The first-order valence-corrected chi connectivity index (χ1v) is 10.8. The van der Waals surface area contributed by atoms with Crippen molar-refractivity contribution in [3.63, 3.8) is 0 Å². The molecule has 31 heavy (non-hydrogen) atoms. The Balaban J connectivity index is 1.92. The van der Waals surface area contributed by atoms with Crippen LogP contribution >= 0.6 is 0 Å². The fourth-order valence-electron chi connectivity index (χ4n) is 3.82. The van der Waals surface area contributed by atoms with Gasteiger partial charge in [-0.15, -0.1) is 0 Å². The van der Waals surface area contributed by atoms with Gasteiger partial charge in [-0.2, -0.15) is 0 Å². The molecule has 0 aliphatic carbocycles. The minimum absolute atomic E-state index is 0.145. The summed E-state index contributed by atoms with van der Waals surface area (Å²) >= 11 is 0. The molecule has 0 radical (unpaired) electrons. The first-order chi connectivity index (χ1) is 14.9. The lowest BCUT2D eigenvalue weighted by molar-refractivity contribution is -0.168. The van der Waals surface area contributed by atoms with Gasteiger partial charge in [0.1, 0.15) is 11.6 Å². The maximum absolute atomic E-state index is 14.8. The van der Waals surface area contributed by atoms with Crippen molar-refractivity contribution >= 4 is 0 Å². The Hall–Kier alpha value is -2.37. The van der Waals surface area contributed by atoms with Crippen molar-refractivity contribution in [1.82, 2.24) is 0 Å². The molecule has 1 saturated heterocycles. The molecule has 1 atom stereocenters. The summed E-state index contributed by atoms with van der Waals surface area (Å²) in [5, 5.41) is 0. The highest BCUT2D eigenvalue weighted by molar-refractivity contribution is 5.70. The summed E-state index contributed by atoms with van der Waals surface area (Å²) in [6, 6.07) is 10.9. The SMILES string of the molecule is CO/C=C/C(C)(C)Cc1cc(COC2CCCCO2)ccc1-c1cc(OC)ccc1F. The lowest BCUT2D eigenvalue weighted by Crippen LogP contribution is -2.22. The number of rotatable bonds is 9. The van der Waals surface area contributed by atoms with Crippen LogP contribution in [0.1, 0.15) is 44.2 Å². The van der Waals surface area contributed by atoms with Crippen LogP contribution in [0, 0.1) is 11.2 Å². The average molecular weight is 429 g/mol. The minimum atomic E-state index is -0.271. The van der Waals surface area contributed by atoms with Crippen molar-refractivity contribution in [2.24, 2.45) is 5.41 Å². The molecule has 2 aromatic carbocycles. The van der Waals surface area contributed by atoms with E-state index in [4.69, 9.17) is 18.9 Å². The van der Waals surface area contributed by atoms with Crippen molar-refractivity contribution in [1.29, 1.82) is 0 Å². The van der Waals surface area contributed by atoms with Crippen LogP contribution in [0.5, 0.6) is 5.75 Å². The molecule has 0 bridgehead atoms. The second kappa shape index (κ2) is 10.8. The highest BCUT2D eigenvalue weighted by atomic mass is 19.1. The Bertz CT molecular complexity index is 885. The van der Waals surface area contributed by atoms with Gasteiger partial charge in [-0.25, -0.2) is 4.39 Å². The van der Waals surface area contributed by atoms with E-state index >= 15 is 0 Å². The third kappa shape index (κ3) is 6.55. The van der Waals surface area contributed by atoms with E-state index in [1.54, 1.807) is 32.6 Å². The zero-order valence-corrected chi connectivity index (χ0v) is 18.9. The predicted molar refractivity (Wildman–Crippen MR) is 120 cm³/mol.